The summed E-state index contributed by atoms with van der Waals surface area (Å²) in [7, 11) is 0. The van der Waals surface area contributed by atoms with Gasteiger partial charge in [0.2, 0.25) is 5.91 Å². The number of amides is 1. The second-order valence-electron chi connectivity index (χ2n) is 8.37. The van der Waals surface area contributed by atoms with Crippen LogP contribution in [0.3, 0.4) is 0 Å². The van der Waals surface area contributed by atoms with Crippen molar-refractivity contribution in [3.05, 3.63) is 64.7 Å². The number of hydrogen-bond acceptors (Lipinski definition) is 3. The quantitative estimate of drug-likeness (QED) is 0.785. The molecule has 1 saturated heterocycles. The molecular weight excluding hydrogens is 384 g/mol. The number of rotatable bonds is 6. The third-order valence-corrected chi connectivity index (χ3v) is 6.33. The molecule has 2 heterocycles. The van der Waals surface area contributed by atoms with Gasteiger partial charge in [-0.2, -0.15) is 0 Å². The molecule has 0 spiro atoms. The summed E-state index contributed by atoms with van der Waals surface area (Å²) < 4.78 is 26.9. The normalized spacial score (nSPS) is 17.2. The van der Waals surface area contributed by atoms with E-state index in [0.717, 1.165) is 57.1 Å². The Kier molecular flexibility index (Phi) is 6.32. The van der Waals surface area contributed by atoms with Crippen molar-refractivity contribution in [3.8, 4) is 0 Å². The molecule has 0 atom stereocenters. The van der Waals surface area contributed by atoms with E-state index in [1.807, 2.05) is 0 Å². The van der Waals surface area contributed by atoms with Gasteiger partial charge in [0, 0.05) is 57.4 Å². The minimum absolute atomic E-state index is 0.0137. The fourth-order valence-corrected chi connectivity index (χ4v) is 4.62. The van der Waals surface area contributed by atoms with Gasteiger partial charge in [0.1, 0.15) is 11.6 Å². The van der Waals surface area contributed by atoms with Gasteiger partial charge in [0.25, 0.3) is 0 Å². The van der Waals surface area contributed by atoms with Gasteiger partial charge in [0.05, 0.1) is 0 Å². The van der Waals surface area contributed by atoms with E-state index in [2.05, 4.69) is 33.3 Å². The Morgan fingerprint density at radius 3 is 2.63 bits per heavy atom. The summed E-state index contributed by atoms with van der Waals surface area (Å²) in [5.41, 5.74) is 4.41. The van der Waals surface area contributed by atoms with E-state index in [4.69, 9.17) is 0 Å². The molecule has 4 nitrogen and oxygen atoms in total. The highest BCUT2D eigenvalue weighted by molar-refractivity contribution is 5.73. The van der Waals surface area contributed by atoms with Crippen LogP contribution in [0.2, 0.25) is 0 Å². The monoisotopic (exact) mass is 413 g/mol. The zero-order valence-electron chi connectivity index (χ0n) is 17.5. The fourth-order valence-electron chi connectivity index (χ4n) is 4.62. The molecule has 0 unspecified atom stereocenters. The Hall–Kier alpha value is -2.47. The van der Waals surface area contributed by atoms with Crippen molar-refractivity contribution in [2.45, 2.75) is 45.2 Å². The van der Waals surface area contributed by atoms with E-state index in [-0.39, 0.29) is 5.91 Å². The Balaban J connectivity index is 1.32. The van der Waals surface area contributed by atoms with Gasteiger partial charge in [-0.25, -0.2) is 8.78 Å². The number of hydrogen-bond donors (Lipinski definition) is 1. The molecule has 0 saturated carbocycles. The molecule has 6 heteroatoms. The SMILES string of the molecule is CC(=O)NCc1ccc2c(c1)N(C1CCN(CCc3ccc(F)cc3F)CC1)CC2. The van der Waals surface area contributed by atoms with Crippen LogP contribution >= 0.6 is 0 Å². The summed E-state index contributed by atoms with van der Waals surface area (Å²) >= 11 is 0. The second kappa shape index (κ2) is 9.13. The standard InChI is InChI=1S/C24H29F2N3O/c1-17(30)27-16-18-2-3-20-7-13-29(24(20)14-18)22-8-11-28(12-9-22)10-6-19-4-5-21(25)15-23(19)26/h2-5,14-15,22H,6-13,16H2,1H3,(H,27,30). The van der Waals surface area contributed by atoms with Crippen molar-refractivity contribution in [1.29, 1.82) is 0 Å². The van der Waals surface area contributed by atoms with E-state index in [9.17, 15) is 13.6 Å². The van der Waals surface area contributed by atoms with Crippen LogP contribution in [0.25, 0.3) is 0 Å². The Morgan fingerprint density at radius 2 is 1.90 bits per heavy atom. The van der Waals surface area contributed by atoms with E-state index in [0.29, 0.717) is 24.6 Å². The number of halogens is 2. The van der Waals surface area contributed by atoms with E-state index in [1.54, 1.807) is 6.07 Å². The van der Waals surface area contributed by atoms with Gasteiger partial charge >= 0.3 is 0 Å². The first-order valence-electron chi connectivity index (χ1n) is 10.8. The fraction of sp³-hybridized carbons (Fsp3) is 0.458. The number of nitrogens with one attached hydrogen (secondary N) is 1. The lowest BCUT2D eigenvalue weighted by molar-refractivity contribution is -0.119. The molecular formula is C24H29F2N3O. The summed E-state index contributed by atoms with van der Waals surface area (Å²) in [6.07, 6.45) is 3.85. The Morgan fingerprint density at radius 1 is 1.10 bits per heavy atom. The molecule has 0 aliphatic carbocycles. The largest absolute Gasteiger partial charge is 0.368 e. The van der Waals surface area contributed by atoms with E-state index >= 15 is 0 Å². The summed E-state index contributed by atoms with van der Waals surface area (Å²) in [4.78, 5) is 16.1. The van der Waals surface area contributed by atoms with Gasteiger partial charge < -0.3 is 15.1 Å². The van der Waals surface area contributed by atoms with Crippen molar-refractivity contribution in [3.63, 3.8) is 0 Å². The van der Waals surface area contributed by atoms with Gasteiger partial charge in [-0.05, 0) is 54.5 Å². The van der Waals surface area contributed by atoms with Crippen molar-refractivity contribution < 1.29 is 13.6 Å². The average Bonchev–Trinajstić information content (AvgIpc) is 3.15. The predicted octanol–water partition coefficient (Wildman–Crippen LogP) is 3.67. The van der Waals surface area contributed by atoms with Crippen LogP contribution in [0.4, 0.5) is 14.5 Å². The summed E-state index contributed by atoms with van der Waals surface area (Å²) in [6.45, 7) is 5.93. The number of likely N-dealkylation sites (tertiary alicyclic amines) is 1. The number of fused-ring (bicyclic) bond motifs is 1. The molecule has 4 rings (SSSR count). The maximum atomic E-state index is 13.9. The maximum absolute atomic E-state index is 13.9. The lowest BCUT2D eigenvalue weighted by Crippen LogP contribution is -2.45. The topological polar surface area (TPSA) is 35.6 Å². The molecule has 1 amide bonds. The minimum atomic E-state index is -0.525. The predicted molar refractivity (Wildman–Crippen MR) is 115 cm³/mol. The van der Waals surface area contributed by atoms with Crippen LogP contribution in [0, 0.1) is 11.6 Å². The van der Waals surface area contributed by atoms with Crippen LogP contribution in [0.1, 0.15) is 36.5 Å². The minimum Gasteiger partial charge on any atom is -0.368 e. The number of anilines is 1. The smallest absolute Gasteiger partial charge is 0.217 e. The number of benzene rings is 2. The van der Waals surface area contributed by atoms with Crippen LogP contribution < -0.4 is 10.2 Å². The molecule has 0 bridgehead atoms. The van der Waals surface area contributed by atoms with Crippen molar-refractivity contribution in [2.24, 2.45) is 0 Å². The van der Waals surface area contributed by atoms with E-state index in [1.165, 1.54) is 24.2 Å². The van der Waals surface area contributed by atoms with Crippen molar-refractivity contribution >= 4 is 11.6 Å². The average molecular weight is 414 g/mol. The second-order valence-corrected chi connectivity index (χ2v) is 8.37. The molecule has 0 radical (unpaired) electrons. The molecule has 2 aromatic carbocycles. The Bertz CT molecular complexity index is 909. The summed E-state index contributed by atoms with van der Waals surface area (Å²) in [5.74, 6) is -0.989. The highest BCUT2D eigenvalue weighted by Gasteiger charge is 2.29. The van der Waals surface area contributed by atoms with Gasteiger partial charge in [-0.3, -0.25) is 4.79 Å². The molecule has 2 aromatic rings. The van der Waals surface area contributed by atoms with Gasteiger partial charge in [-0.15, -0.1) is 0 Å². The number of nitrogens with zero attached hydrogens (tertiary/aromatic N) is 2. The van der Waals surface area contributed by atoms with Crippen molar-refractivity contribution in [1.82, 2.24) is 10.2 Å². The summed E-state index contributed by atoms with van der Waals surface area (Å²) in [5, 5.41) is 2.88. The van der Waals surface area contributed by atoms with Crippen LogP contribution in [0.5, 0.6) is 0 Å². The summed E-state index contributed by atoms with van der Waals surface area (Å²) in [6, 6.07) is 10.9. The zero-order chi connectivity index (χ0) is 21.1. The highest BCUT2D eigenvalue weighted by Crippen LogP contribution is 2.33. The third-order valence-electron chi connectivity index (χ3n) is 6.33. The molecule has 160 valence electrons. The molecule has 1 fully saturated rings. The molecule has 30 heavy (non-hydrogen) atoms. The lowest BCUT2D eigenvalue weighted by Gasteiger charge is -2.38. The van der Waals surface area contributed by atoms with E-state index < -0.39 is 11.6 Å². The third kappa shape index (κ3) is 4.81. The van der Waals surface area contributed by atoms with Crippen LogP contribution in [-0.4, -0.2) is 43.0 Å². The first kappa shape index (κ1) is 20.8. The Labute approximate surface area is 176 Å². The first-order valence-corrected chi connectivity index (χ1v) is 10.8. The number of carbonyl (C=O) groups excluding carboxylic acids is 1. The van der Waals surface area contributed by atoms with Crippen LogP contribution in [-0.2, 0) is 24.2 Å². The van der Waals surface area contributed by atoms with Gasteiger partial charge in [0.15, 0.2) is 0 Å². The zero-order valence-corrected chi connectivity index (χ0v) is 17.5. The van der Waals surface area contributed by atoms with Crippen LogP contribution in [0.15, 0.2) is 36.4 Å². The molecule has 2 aliphatic rings. The number of carbonyl (C=O) groups is 1. The lowest BCUT2D eigenvalue weighted by atomic mass is 10.0. The molecule has 2 aliphatic heterocycles. The highest BCUT2D eigenvalue weighted by atomic mass is 19.1. The number of piperidine rings is 1. The maximum Gasteiger partial charge on any atom is 0.217 e. The first-order chi connectivity index (χ1) is 14.5. The van der Waals surface area contributed by atoms with Gasteiger partial charge in [-0.1, -0.05) is 18.2 Å². The van der Waals surface area contributed by atoms with Crippen molar-refractivity contribution in [2.75, 3.05) is 31.1 Å². The molecule has 1 N–H and O–H groups in total. The molecule has 0 aromatic heterocycles.